The van der Waals surface area contributed by atoms with E-state index in [9.17, 15) is 5.11 Å². The molecule has 1 aliphatic rings. The third-order valence-corrected chi connectivity index (χ3v) is 3.50. The Morgan fingerprint density at radius 3 is 2.75 bits per heavy atom. The van der Waals surface area contributed by atoms with E-state index in [-0.39, 0.29) is 6.61 Å². The van der Waals surface area contributed by atoms with E-state index in [2.05, 4.69) is 12.2 Å². The average Bonchev–Trinajstić information content (AvgIpc) is 2.24. The molecule has 16 heavy (non-hydrogen) atoms. The van der Waals surface area contributed by atoms with Gasteiger partial charge >= 0.3 is 0 Å². The molecule has 0 aliphatic heterocycles. The van der Waals surface area contributed by atoms with Crippen LogP contribution in [-0.2, 0) is 6.61 Å². The number of para-hydroxylation sites is 1. The highest BCUT2D eigenvalue weighted by Crippen LogP contribution is 2.31. The number of aliphatic hydroxyl groups excluding tert-OH is 1. The number of hydrogen-bond acceptors (Lipinski definition) is 2. The first kappa shape index (κ1) is 11.5. The third-order valence-electron chi connectivity index (χ3n) is 3.50. The van der Waals surface area contributed by atoms with E-state index in [1.54, 1.807) is 0 Å². The van der Waals surface area contributed by atoms with Crippen molar-refractivity contribution in [2.75, 3.05) is 5.32 Å². The topological polar surface area (TPSA) is 32.3 Å². The summed E-state index contributed by atoms with van der Waals surface area (Å²) in [4.78, 5) is 0. The number of nitrogens with one attached hydrogen (secondary N) is 1. The fourth-order valence-corrected chi connectivity index (χ4v) is 2.35. The highest BCUT2D eigenvalue weighted by atomic mass is 16.3. The quantitative estimate of drug-likeness (QED) is 0.797. The molecule has 0 radical (unpaired) electrons. The van der Waals surface area contributed by atoms with Crippen LogP contribution in [0.2, 0.25) is 0 Å². The van der Waals surface area contributed by atoms with Gasteiger partial charge in [0.15, 0.2) is 0 Å². The first-order valence-corrected chi connectivity index (χ1v) is 6.25. The summed E-state index contributed by atoms with van der Waals surface area (Å²) in [5, 5.41) is 12.7. The van der Waals surface area contributed by atoms with Gasteiger partial charge in [-0.2, -0.15) is 0 Å². The number of rotatable bonds is 5. The molecule has 1 atom stereocenters. The second-order valence-electron chi connectivity index (χ2n) is 4.89. The van der Waals surface area contributed by atoms with Gasteiger partial charge in [-0.05, 0) is 25.3 Å². The van der Waals surface area contributed by atoms with Crippen molar-refractivity contribution in [3.05, 3.63) is 29.8 Å². The van der Waals surface area contributed by atoms with Crippen molar-refractivity contribution in [2.45, 2.75) is 45.3 Å². The molecule has 1 fully saturated rings. The van der Waals surface area contributed by atoms with Crippen LogP contribution in [0.4, 0.5) is 5.69 Å². The average molecular weight is 219 g/mol. The second-order valence-corrected chi connectivity index (χ2v) is 4.89. The smallest absolute Gasteiger partial charge is 0.0701 e. The number of aliphatic hydroxyl groups is 1. The first-order valence-electron chi connectivity index (χ1n) is 6.25. The summed E-state index contributed by atoms with van der Waals surface area (Å²) in [5.74, 6) is 0.920. The molecule has 0 bridgehead atoms. The molecule has 0 saturated heterocycles. The molecule has 2 heteroatoms. The van der Waals surface area contributed by atoms with E-state index in [0.29, 0.717) is 6.04 Å². The molecular weight excluding hydrogens is 198 g/mol. The number of anilines is 1. The van der Waals surface area contributed by atoms with Crippen molar-refractivity contribution >= 4 is 5.69 Å². The summed E-state index contributed by atoms with van der Waals surface area (Å²) in [7, 11) is 0. The Morgan fingerprint density at radius 1 is 1.38 bits per heavy atom. The van der Waals surface area contributed by atoms with Crippen LogP contribution < -0.4 is 5.32 Å². The van der Waals surface area contributed by atoms with E-state index in [1.807, 2.05) is 24.3 Å². The van der Waals surface area contributed by atoms with Crippen LogP contribution >= 0.6 is 0 Å². The van der Waals surface area contributed by atoms with Crippen molar-refractivity contribution in [3.63, 3.8) is 0 Å². The minimum atomic E-state index is 0.110. The van der Waals surface area contributed by atoms with Gasteiger partial charge in [0.2, 0.25) is 0 Å². The summed E-state index contributed by atoms with van der Waals surface area (Å²) in [6, 6.07) is 8.49. The monoisotopic (exact) mass is 219 g/mol. The van der Waals surface area contributed by atoms with Gasteiger partial charge in [0.05, 0.1) is 6.61 Å². The van der Waals surface area contributed by atoms with E-state index < -0.39 is 0 Å². The lowest BCUT2D eigenvalue weighted by Crippen LogP contribution is -2.23. The van der Waals surface area contributed by atoms with Crippen molar-refractivity contribution in [1.82, 2.24) is 0 Å². The summed E-state index contributed by atoms with van der Waals surface area (Å²) in [6.45, 7) is 2.34. The Balaban J connectivity index is 1.91. The maximum absolute atomic E-state index is 9.23. The predicted molar refractivity (Wildman–Crippen MR) is 67.4 cm³/mol. The van der Waals surface area contributed by atoms with Gasteiger partial charge in [-0.15, -0.1) is 0 Å². The van der Waals surface area contributed by atoms with Crippen LogP contribution in [0.5, 0.6) is 0 Å². The first-order chi connectivity index (χ1) is 7.79. The molecule has 1 aliphatic carbocycles. The maximum Gasteiger partial charge on any atom is 0.0701 e. The van der Waals surface area contributed by atoms with Gasteiger partial charge in [-0.25, -0.2) is 0 Å². The van der Waals surface area contributed by atoms with E-state index in [0.717, 1.165) is 17.2 Å². The highest BCUT2D eigenvalue weighted by molar-refractivity contribution is 5.51. The molecule has 2 N–H and O–H groups in total. The van der Waals surface area contributed by atoms with Crippen molar-refractivity contribution in [1.29, 1.82) is 0 Å². The van der Waals surface area contributed by atoms with Crippen LogP contribution in [0.3, 0.4) is 0 Å². The maximum atomic E-state index is 9.23. The van der Waals surface area contributed by atoms with Crippen LogP contribution in [0.1, 0.15) is 38.2 Å². The number of benzene rings is 1. The van der Waals surface area contributed by atoms with E-state index in [4.69, 9.17) is 0 Å². The van der Waals surface area contributed by atoms with Crippen LogP contribution in [0.25, 0.3) is 0 Å². The lowest BCUT2D eigenvalue weighted by atomic mass is 9.81. The summed E-state index contributed by atoms with van der Waals surface area (Å²) >= 11 is 0. The molecule has 0 heterocycles. The summed E-state index contributed by atoms with van der Waals surface area (Å²) < 4.78 is 0. The minimum Gasteiger partial charge on any atom is -0.392 e. The summed E-state index contributed by atoms with van der Waals surface area (Å²) in [6.07, 6.45) is 5.45. The fourth-order valence-electron chi connectivity index (χ4n) is 2.35. The van der Waals surface area contributed by atoms with Crippen molar-refractivity contribution < 1.29 is 5.11 Å². The zero-order valence-corrected chi connectivity index (χ0v) is 9.95. The number of hydrogen-bond donors (Lipinski definition) is 2. The highest BCUT2D eigenvalue weighted by Gasteiger charge is 2.20. The van der Waals surface area contributed by atoms with Gasteiger partial charge in [0.1, 0.15) is 0 Å². The molecular formula is C14H21NO. The molecule has 1 aromatic carbocycles. The Kier molecular flexibility index (Phi) is 3.83. The lowest BCUT2D eigenvalue weighted by molar-refractivity contribution is 0.280. The van der Waals surface area contributed by atoms with Crippen LogP contribution in [-0.4, -0.2) is 11.1 Å². The molecule has 88 valence electrons. The minimum absolute atomic E-state index is 0.110. The molecule has 1 saturated carbocycles. The molecule has 0 spiro atoms. The normalized spacial score (nSPS) is 17.9. The standard InChI is InChI=1S/C14H21NO/c1-11(9-12-5-4-6-12)15-14-8-3-2-7-13(14)10-16/h2-3,7-8,11-12,15-16H,4-6,9-10H2,1H3. The van der Waals surface area contributed by atoms with E-state index in [1.165, 1.54) is 25.7 Å². The Hall–Kier alpha value is -1.02. The molecule has 1 aromatic rings. The molecule has 1 unspecified atom stereocenters. The van der Waals surface area contributed by atoms with Gasteiger partial charge in [0, 0.05) is 17.3 Å². The van der Waals surface area contributed by atoms with Crippen molar-refractivity contribution in [2.24, 2.45) is 5.92 Å². The zero-order valence-electron chi connectivity index (χ0n) is 9.95. The lowest BCUT2D eigenvalue weighted by Gasteiger charge is -2.29. The van der Waals surface area contributed by atoms with E-state index >= 15 is 0 Å². The molecule has 2 rings (SSSR count). The Morgan fingerprint density at radius 2 is 2.12 bits per heavy atom. The molecule has 0 aromatic heterocycles. The van der Waals surface area contributed by atoms with Crippen LogP contribution in [0.15, 0.2) is 24.3 Å². The largest absolute Gasteiger partial charge is 0.392 e. The van der Waals surface area contributed by atoms with Crippen LogP contribution in [0, 0.1) is 5.92 Å². The zero-order chi connectivity index (χ0) is 11.4. The van der Waals surface area contributed by atoms with Gasteiger partial charge in [-0.3, -0.25) is 0 Å². The third kappa shape index (κ3) is 2.76. The van der Waals surface area contributed by atoms with Gasteiger partial charge < -0.3 is 10.4 Å². The predicted octanol–water partition coefficient (Wildman–Crippen LogP) is 3.17. The summed E-state index contributed by atoms with van der Waals surface area (Å²) in [5.41, 5.74) is 2.07. The molecule has 0 amide bonds. The second kappa shape index (κ2) is 5.35. The Bertz CT molecular complexity index is 333. The fraction of sp³-hybridized carbons (Fsp3) is 0.571. The SMILES string of the molecule is CC(CC1CCC1)Nc1ccccc1CO. The van der Waals surface area contributed by atoms with Gasteiger partial charge in [0.25, 0.3) is 0 Å². The Labute approximate surface area is 97.7 Å². The van der Waals surface area contributed by atoms with Gasteiger partial charge in [-0.1, -0.05) is 37.5 Å². The van der Waals surface area contributed by atoms with Crippen molar-refractivity contribution in [3.8, 4) is 0 Å². The molecule has 2 nitrogen and oxygen atoms in total.